The van der Waals surface area contributed by atoms with Crippen molar-refractivity contribution in [1.82, 2.24) is 5.32 Å². The summed E-state index contributed by atoms with van der Waals surface area (Å²) < 4.78 is 25.5. The normalized spacial score (nSPS) is 16.2. The molecule has 0 aliphatic rings. The van der Waals surface area contributed by atoms with E-state index in [1.165, 1.54) is 12.1 Å². The zero-order valence-corrected chi connectivity index (χ0v) is 12.1. The minimum atomic E-state index is -1.17. The Morgan fingerprint density at radius 2 is 2.11 bits per heavy atom. The van der Waals surface area contributed by atoms with Crippen LogP contribution in [0.4, 0.5) is 4.39 Å². The van der Waals surface area contributed by atoms with Gasteiger partial charge in [-0.3, -0.25) is 4.21 Å². The van der Waals surface area contributed by atoms with Crippen molar-refractivity contribution in [2.24, 2.45) is 0 Å². The Bertz CT molecular complexity index is 397. The zero-order chi connectivity index (χ0) is 13.5. The fourth-order valence-electron chi connectivity index (χ4n) is 1.93. The van der Waals surface area contributed by atoms with E-state index in [1.807, 2.05) is 6.92 Å². The van der Waals surface area contributed by atoms with Gasteiger partial charge < -0.3 is 5.32 Å². The molecular weight excluding hydrogens is 249 g/mol. The van der Waals surface area contributed by atoms with Crippen molar-refractivity contribution in [3.05, 3.63) is 30.1 Å². The van der Waals surface area contributed by atoms with Crippen LogP contribution in [0.15, 0.2) is 29.2 Å². The van der Waals surface area contributed by atoms with Gasteiger partial charge in [0.1, 0.15) is 5.82 Å². The summed E-state index contributed by atoms with van der Waals surface area (Å²) >= 11 is 0. The Kier molecular flexibility index (Phi) is 6.50. The van der Waals surface area contributed by atoms with Gasteiger partial charge >= 0.3 is 0 Å². The molecule has 0 bridgehead atoms. The van der Waals surface area contributed by atoms with Gasteiger partial charge in [0, 0.05) is 10.9 Å². The molecule has 0 heterocycles. The van der Waals surface area contributed by atoms with Crippen LogP contribution in [0.5, 0.6) is 0 Å². The molecule has 0 saturated carbocycles. The molecule has 1 aromatic rings. The second-order valence-corrected chi connectivity index (χ2v) is 6.24. The molecule has 0 saturated heterocycles. The molecule has 0 aromatic heterocycles. The molecule has 0 fully saturated rings. The van der Waals surface area contributed by atoms with Gasteiger partial charge in [0.05, 0.1) is 16.0 Å². The van der Waals surface area contributed by atoms with E-state index in [1.54, 1.807) is 12.1 Å². The molecule has 1 rings (SSSR count). The minimum Gasteiger partial charge on any atom is -0.313 e. The first-order chi connectivity index (χ1) is 8.60. The number of halogens is 1. The molecule has 4 heteroatoms. The fourth-order valence-corrected chi connectivity index (χ4v) is 3.39. The largest absolute Gasteiger partial charge is 0.313 e. The van der Waals surface area contributed by atoms with Crippen LogP contribution in [-0.2, 0) is 10.8 Å². The molecule has 2 nitrogen and oxygen atoms in total. The molecule has 0 radical (unpaired) electrons. The van der Waals surface area contributed by atoms with Gasteiger partial charge in [-0.25, -0.2) is 4.39 Å². The Morgan fingerprint density at radius 3 is 2.67 bits per heavy atom. The highest BCUT2D eigenvalue weighted by molar-refractivity contribution is 7.85. The molecule has 1 N–H and O–H groups in total. The first-order valence-electron chi connectivity index (χ1n) is 6.49. The van der Waals surface area contributed by atoms with Gasteiger partial charge in [0.2, 0.25) is 0 Å². The van der Waals surface area contributed by atoms with Crippen LogP contribution in [0.25, 0.3) is 0 Å². The van der Waals surface area contributed by atoms with Crippen LogP contribution in [0.2, 0.25) is 0 Å². The Hall–Kier alpha value is -0.740. The van der Waals surface area contributed by atoms with E-state index < -0.39 is 10.8 Å². The maximum atomic E-state index is 13.1. The molecule has 3 unspecified atom stereocenters. The van der Waals surface area contributed by atoms with Gasteiger partial charge in [0.25, 0.3) is 0 Å². The lowest BCUT2D eigenvalue weighted by atomic mass is 10.1. The summed E-state index contributed by atoms with van der Waals surface area (Å²) in [5.74, 6) is -0.331. The smallest absolute Gasteiger partial charge is 0.124 e. The first kappa shape index (κ1) is 15.3. The average Bonchev–Trinajstić information content (AvgIpc) is 2.38. The zero-order valence-electron chi connectivity index (χ0n) is 11.3. The molecule has 1 aromatic carbocycles. The quantitative estimate of drug-likeness (QED) is 0.825. The lowest BCUT2D eigenvalue weighted by Crippen LogP contribution is -2.40. The molecule has 0 spiro atoms. The van der Waals surface area contributed by atoms with Crippen LogP contribution < -0.4 is 5.32 Å². The Morgan fingerprint density at radius 1 is 1.39 bits per heavy atom. The van der Waals surface area contributed by atoms with E-state index in [-0.39, 0.29) is 17.1 Å². The first-order valence-corrected chi connectivity index (χ1v) is 7.71. The Balaban J connectivity index is 2.75. The number of hydrogen-bond donors (Lipinski definition) is 1. The van der Waals surface area contributed by atoms with Crippen molar-refractivity contribution in [2.75, 3.05) is 6.54 Å². The van der Waals surface area contributed by atoms with E-state index in [0.717, 1.165) is 19.4 Å². The maximum absolute atomic E-state index is 13.1. The second-order valence-electron chi connectivity index (χ2n) is 4.43. The third kappa shape index (κ3) is 4.18. The molecule has 102 valence electrons. The van der Waals surface area contributed by atoms with E-state index in [0.29, 0.717) is 4.90 Å². The van der Waals surface area contributed by atoms with Crippen LogP contribution >= 0.6 is 0 Å². The Labute approximate surface area is 111 Å². The second kappa shape index (κ2) is 7.64. The molecule has 0 amide bonds. The van der Waals surface area contributed by atoms with Gasteiger partial charge in [-0.15, -0.1) is 0 Å². The van der Waals surface area contributed by atoms with E-state index >= 15 is 0 Å². The average molecular weight is 271 g/mol. The van der Waals surface area contributed by atoms with E-state index in [9.17, 15) is 8.60 Å². The number of benzene rings is 1. The van der Waals surface area contributed by atoms with Gasteiger partial charge in [-0.2, -0.15) is 0 Å². The summed E-state index contributed by atoms with van der Waals surface area (Å²) in [6, 6.07) is 6.27. The van der Waals surface area contributed by atoms with Crippen molar-refractivity contribution < 1.29 is 8.60 Å². The molecule has 3 atom stereocenters. The highest BCUT2D eigenvalue weighted by Gasteiger charge is 2.22. The number of rotatable bonds is 7. The lowest BCUT2D eigenvalue weighted by Gasteiger charge is -2.23. The van der Waals surface area contributed by atoms with E-state index in [4.69, 9.17) is 0 Å². The summed E-state index contributed by atoms with van der Waals surface area (Å²) in [5, 5.41) is 3.37. The van der Waals surface area contributed by atoms with Gasteiger partial charge in [-0.1, -0.05) is 19.9 Å². The highest BCUT2D eigenvalue weighted by Crippen LogP contribution is 2.16. The SMILES string of the molecule is CCCNC(CC)C(C)S(=O)c1cccc(F)c1. The van der Waals surface area contributed by atoms with Crippen LogP contribution in [0.3, 0.4) is 0 Å². The maximum Gasteiger partial charge on any atom is 0.124 e. The van der Waals surface area contributed by atoms with Gasteiger partial charge in [-0.05, 0) is 44.5 Å². The standard InChI is InChI=1S/C14H22FNOS/c1-4-9-16-14(5-2)11(3)18(17)13-8-6-7-12(15)10-13/h6-8,10-11,14,16H,4-5,9H2,1-3H3. The highest BCUT2D eigenvalue weighted by atomic mass is 32.2. The number of hydrogen-bond acceptors (Lipinski definition) is 2. The van der Waals surface area contributed by atoms with Crippen molar-refractivity contribution in [1.29, 1.82) is 0 Å². The van der Waals surface area contributed by atoms with Gasteiger partial charge in [0.15, 0.2) is 0 Å². The fraction of sp³-hybridized carbons (Fsp3) is 0.571. The summed E-state index contributed by atoms with van der Waals surface area (Å²) in [7, 11) is -1.17. The minimum absolute atomic E-state index is 0.0247. The predicted molar refractivity (Wildman–Crippen MR) is 74.6 cm³/mol. The summed E-state index contributed by atoms with van der Waals surface area (Å²) in [5.41, 5.74) is 0. The van der Waals surface area contributed by atoms with Crippen LogP contribution in [-0.4, -0.2) is 22.0 Å². The molecule has 0 aliphatic carbocycles. The van der Waals surface area contributed by atoms with E-state index in [2.05, 4.69) is 19.2 Å². The molecule has 0 aliphatic heterocycles. The van der Waals surface area contributed by atoms with Crippen molar-refractivity contribution in [2.45, 2.75) is 49.8 Å². The summed E-state index contributed by atoms with van der Waals surface area (Å²) in [6.45, 7) is 7.06. The molecular formula is C14H22FNOS. The summed E-state index contributed by atoms with van der Waals surface area (Å²) in [6.07, 6.45) is 1.97. The van der Waals surface area contributed by atoms with Crippen molar-refractivity contribution in [3.63, 3.8) is 0 Å². The third-order valence-electron chi connectivity index (χ3n) is 3.03. The third-order valence-corrected chi connectivity index (χ3v) is 4.75. The van der Waals surface area contributed by atoms with Crippen LogP contribution in [0, 0.1) is 5.82 Å². The topological polar surface area (TPSA) is 29.1 Å². The van der Waals surface area contributed by atoms with Crippen molar-refractivity contribution in [3.8, 4) is 0 Å². The van der Waals surface area contributed by atoms with Crippen LogP contribution in [0.1, 0.15) is 33.6 Å². The lowest BCUT2D eigenvalue weighted by molar-refractivity contribution is 0.486. The monoisotopic (exact) mass is 271 g/mol. The van der Waals surface area contributed by atoms with Crippen molar-refractivity contribution >= 4 is 10.8 Å². The number of nitrogens with one attached hydrogen (secondary N) is 1. The predicted octanol–water partition coefficient (Wildman–Crippen LogP) is 3.10. The molecule has 18 heavy (non-hydrogen) atoms. The summed E-state index contributed by atoms with van der Waals surface area (Å²) in [4.78, 5) is 0.569.